The van der Waals surface area contributed by atoms with Gasteiger partial charge in [-0.25, -0.2) is 9.48 Å². The van der Waals surface area contributed by atoms with E-state index in [1.54, 1.807) is 6.20 Å². The summed E-state index contributed by atoms with van der Waals surface area (Å²) in [5.41, 5.74) is -0.248. The fourth-order valence-corrected chi connectivity index (χ4v) is 3.72. The van der Waals surface area contributed by atoms with E-state index in [4.69, 9.17) is 9.47 Å². The third-order valence-corrected chi connectivity index (χ3v) is 5.18. The molecule has 1 unspecified atom stereocenters. The number of urea groups is 1. The van der Waals surface area contributed by atoms with Crippen LogP contribution in [0.1, 0.15) is 32.6 Å². The Bertz CT molecular complexity index is 592. The van der Waals surface area contributed by atoms with Crippen LogP contribution in [0.15, 0.2) is 12.3 Å². The average Bonchev–Trinajstić information content (AvgIpc) is 3.27. The molecule has 7 nitrogen and oxygen atoms in total. The van der Waals surface area contributed by atoms with Crippen LogP contribution in [0.5, 0.6) is 0 Å². The highest BCUT2D eigenvalue weighted by Gasteiger charge is 2.42. The van der Waals surface area contributed by atoms with Gasteiger partial charge in [0.2, 0.25) is 0 Å². The van der Waals surface area contributed by atoms with Crippen molar-refractivity contribution in [2.24, 2.45) is 5.92 Å². The van der Waals surface area contributed by atoms with Crippen LogP contribution in [0.4, 0.5) is 10.6 Å². The van der Waals surface area contributed by atoms with Gasteiger partial charge in [-0.1, -0.05) is 0 Å². The first-order valence-electron chi connectivity index (χ1n) is 8.97. The zero-order chi connectivity index (χ0) is 16.6. The number of ether oxygens (including phenoxy) is 2. The summed E-state index contributed by atoms with van der Waals surface area (Å²) in [5, 5.41) is 7.37. The van der Waals surface area contributed by atoms with Crippen LogP contribution >= 0.6 is 0 Å². The van der Waals surface area contributed by atoms with Gasteiger partial charge in [-0.3, -0.25) is 5.32 Å². The van der Waals surface area contributed by atoms with Gasteiger partial charge in [-0.15, -0.1) is 0 Å². The largest absolute Gasteiger partial charge is 0.381 e. The van der Waals surface area contributed by atoms with Crippen molar-refractivity contribution in [3.63, 3.8) is 0 Å². The Balaban J connectivity index is 1.42. The van der Waals surface area contributed by atoms with E-state index in [2.05, 4.69) is 10.4 Å². The van der Waals surface area contributed by atoms with E-state index in [0.29, 0.717) is 26.3 Å². The van der Waals surface area contributed by atoms with Gasteiger partial charge in [0.05, 0.1) is 24.4 Å². The topological polar surface area (TPSA) is 68.6 Å². The summed E-state index contributed by atoms with van der Waals surface area (Å²) >= 11 is 0. The Morgan fingerprint density at radius 2 is 2.21 bits per heavy atom. The third kappa shape index (κ3) is 3.42. The van der Waals surface area contributed by atoms with E-state index < -0.39 is 0 Å². The second kappa shape index (κ2) is 6.37. The molecule has 1 aromatic rings. The molecule has 1 atom stereocenters. The molecule has 1 aliphatic carbocycles. The van der Waals surface area contributed by atoms with Crippen molar-refractivity contribution in [2.45, 2.75) is 50.9 Å². The number of anilines is 1. The summed E-state index contributed by atoms with van der Waals surface area (Å²) in [7, 11) is 0. The summed E-state index contributed by atoms with van der Waals surface area (Å²) in [6, 6.07) is 1.81. The standard InChI is InChI=1S/C17H26N4O3/c1-13-10-20(12-17(24-13)5-8-23-9-6-17)16(22)19-15-4-7-18-21(15)11-14-2-3-14/h4,7,13-14H,2-3,5-6,8-12H2,1H3,(H,19,22). The Labute approximate surface area is 142 Å². The number of amides is 2. The number of nitrogens with one attached hydrogen (secondary N) is 1. The monoisotopic (exact) mass is 334 g/mol. The first-order valence-corrected chi connectivity index (χ1v) is 8.97. The van der Waals surface area contributed by atoms with Crippen LogP contribution < -0.4 is 5.32 Å². The average molecular weight is 334 g/mol. The minimum Gasteiger partial charge on any atom is -0.381 e. The van der Waals surface area contributed by atoms with Gasteiger partial charge in [0.25, 0.3) is 0 Å². The maximum absolute atomic E-state index is 12.8. The van der Waals surface area contributed by atoms with Crippen molar-refractivity contribution in [1.82, 2.24) is 14.7 Å². The van der Waals surface area contributed by atoms with E-state index >= 15 is 0 Å². The number of hydrogen-bond acceptors (Lipinski definition) is 4. The molecule has 1 saturated carbocycles. The quantitative estimate of drug-likeness (QED) is 0.919. The molecule has 1 aromatic heterocycles. The Hall–Kier alpha value is -1.60. The lowest BCUT2D eigenvalue weighted by molar-refractivity contribution is -0.174. The van der Waals surface area contributed by atoms with Crippen molar-refractivity contribution < 1.29 is 14.3 Å². The molecule has 2 saturated heterocycles. The van der Waals surface area contributed by atoms with Crippen molar-refractivity contribution in [1.29, 1.82) is 0 Å². The molecule has 4 rings (SSSR count). The zero-order valence-corrected chi connectivity index (χ0v) is 14.2. The molecule has 0 bridgehead atoms. The van der Waals surface area contributed by atoms with E-state index in [1.807, 2.05) is 22.6 Å². The van der Waals surface area contributed by atoms with Crippen LogP contribution in [0.25, 0.3) is 0 Å². The second-order valence-electron chi connectivity index (χ2n) is 7.38. The van der Waals surface area contributed by atoms with Crippen LogP contribution in [-0.2, 0) is 16.0 Å². The molecule has 0 radical (unpaired) electrons. The van der Waals surface area contributed by atoms with Gasteiger partial charge in [0.1, 0.15) is 5.82 Å². The first kappa shape index (κ1) is 15.9. The molecule has 2 aliphatic heterocycles. The highest BCUT2D eigenvalue weighted by molar-refractivity contribution is 5.88. The molecule has 3 aliphatic rings. The van der Waals surface area contributed by atoms with Crippen molar-refractivity contribution >= 4 is 11.8 Å². The predicted molar refractivity (Wildman–Crippen MR) is 88.9 cm³/mol. The fourth-order valence-electron chi connectivity index (χ4n) is 3.72. The molecular weight excluding hydrogens is 308 g/mol. The van der Waals surface area contributed by atoms with Crippen molar-refractivity contribution in [3.8, 4) is 0 Å². The highest BCUT2D eigenvalue weighted by Crippen LogP contribution is 2.33. The summed E-state index contributed by atoms with van der Waals surface area (Å²) in [4.78, 5) is 14.7. The van der Waals surface area contributed by atoms with Crippen LogP contribution in [0.3, 0.4) is 0 Å². The number of rotatable bonds is 3. The van der Waals surface area contributed by atoms with Crippen molar-refractivity contribution in [2.75, 3.05) is 31.6 Å². The van der Waals surface area contributed by atoms with E-state index in [9.17, 15) is 4.79 Å². The molecule has 24 heavy (non-hydrogen) atoms. The Morgan fingerprint density at radius 3 is 2.96 bits per heavy atom. The number of aromatic nitrogens is 2. The Kier molecular flexibility index (Phi) is 4.22. The number of morpholine rings is 1. The van der Waals surface area contributed by atoms with E-state index in [0.717, 1.165) is 31.1 Å². The van der Waals surface area contributed by atoms with Gasteiger partial charge in [-0.05, 0) is 25.7 Å². The molecule has 1 N–H and O–H groups in total. The maximum Gasteiger partial charge on any atom is 0.323 e. The molecule has 1 spiro atoms. The SMILES string of the molecule is CC1CN(C(=O)Nc2ccnn2CC2CC2)CC2(CCOCC2)O1. The second-order valence-corrected chi connectivity index (χ2v) is 7.38. The summed E-state index contributed by atoms with van der Waals surface area (Å²) in [5.74, 6) is 1.50. The number of carbonyl (C=O) groups is 1. The minimum atomic E-state index is -0.248. The zero-order valence-electron chi connectivity index (χ0n) is 14.2. The van der Waals surface area contributed by atoms with Gasteiger partial charge in [0, 0.05) is 45.2 Å². The smallest absolute Gasteiger partial charge is 0.323 e. The Morgan fingerprint density at radius 1 is 1.42 bits per heavy atom. The summed E-state index contributed by atoms with van der Waals surface area (Å²) < 4.78 is 13.6. The third-order valence-electron chi connectivity index (χ3n) is 5.18. The molecule has 2 amide bonds. The van der Waals surface area contributed by atoms with Crippen molar-refractivity contribution in [3.05, 3.63) is 12.3 Å². The molecule has 3 fully saturated rings. The lowest BCUT2D eigenvalue weighted by Gasteiger charge is -2.47. The van der Waals surface area contributed by atoms with Crippen LogP contribution in [0.2, 0.25) is 0 Å². The van der Waals surface area contributed by atoms with Gasteiger partial charge in [-0.2, -0.15) is 5.10 Å². The normalized spacial score (nSPS) is 26.5. The van der Waals surface area contributed by atoms with Crippen LogP contribution in [0, 0.1) is 5.92 Å². The minimum absolute atomic E-state index is 0.0407. The van der Waals surface area contributed by atoms with Crippen LogP contribution in [-0.4, -0.2) is 58.7 Å². The molecule has 0 aromatic carbocycles. The van der Waals surface area contributed by atoms with Gasteiger partial charge < -0.3 is 14.4 Å². The molecule has 7 heteroatoms. The highest BCUT2D eigenvalue weighted by atomic mass is 16.5. The number of nitrogens with zero attached hydrogens (tertiary/aromatic N) is 3. The van der Waals surface area contributed by atoms with E-state index in [-0.39, 0.29) is 17.7 Å². The molecule has 132 valence electrons. The molecule has 3 heterocycles. The summed E-state index contributed by atoms with van der Waals surface area (Å²) in [6.45, 7) is 5.58. The number of hydrogen-bond donors (Lipinski definition) is 1. The van der Waals surface area contributed by atoms with Gasteiger partial charge >= 0.3 is 6.03 Å². The molecular formula is C17H26N4O3. The van der Waals surface area contributed by atoms with E-state index in [1.165, 1.54) is 12.8 Å². The first-order chi connectivity index (χ1) is 11.6. The summed E-state index contributed by atoms with van der Waals surface area (Å²) in [6.07, 6.45) is 6.01. The maximum atomic E-state index is 12.8. The number of carbonyl (C=O) groups excluding carboxylic acids is 1. The lowest BCUT2D eigenvalue weighted by Crippen LogP contribution is -2.59. The lowest BCUT2D eigenvalue weighted by atomic mass is 9.91. The fraction of sp³-hybridized carbons (Fsp3) is 0.765. The predicted octanol–water partition coefficient (Wildman–Crippen LogP) is 2.09. The van der Waals surface area contributed by atoms with Gasteiger partial charge in [0.15, 0.2) is 0 Å².